The minimum absolute atomic E-state index is 0.0893. The largest absolute Gasteiger partial charge is 0.497 e. The lowest BCUT2D eigenvalue weighted by Crippen LogP contribution is -2.00. The Kier molecular flexibility index (Phi) is 5.98. The summed E-state index contributed by atoms with van der Waals surface area (Å²) in [5, 5.41) is 0. The van der Waals surface area contributed by atoms with E-state index in [2.05, 4.69) is 15.9 Å². The van der Waals surface area contributed by atoms with E-state index in [-0.39, 0.29) is 5.78 Å². The topological polar surface area (TPSA) is 44.8 Å². The maximum atomic E-state index is 11.6. The lowest BCUT2D eigenvalue weighted by atomic mass is 10.1. The first-order valence-electron chi connectivity index (χ1n) is 6.89. The zero-order chi connectivity index (χ0) is 15.9. The Balaban J connectivity index is 1.92. The Morgan fingerprint density at radius 3 is 2.45 bits per heavy atom. The molecule has 0 saturated heterocycles. The van der Waals surface area contributed by atoms with Crippen LogP contribution in [0.2, 0.25) is 0 Å². The molecule has 2 aromatic carbocycles. The van der Waals surface area contributed by atoms with Crippen molar-refractivity contribution in [2.45, 2.75) is 20.0 Å². The van der Waals surface area contributed by atoms with Gasteiger partial charge in [-0.3, -0.25) is 4.79 Å². The molecule has 0 aliphatic rings. The molecule has 0 N–H and O–H groups in total. The molecule has 0 amide bonds. The molecule has 5 heteroatoms. The molecule has 0 saturated carbocycles. The van der Waals surface area contributed by atoms with E-state index >= 15 is 0 Å². The van der Waals surface area contributed by atoms with Crippen LogP contribution in [0.3, 0.4) is 0 Å². The molecule has 2 rings (SSSR count). The molecule has 0 aromatic heterocycles. The fourth-order valence-electron chi connectivity index (χ4n) is 1.83. The normalized spacial score (nSPS) is 10.3. The van der Waals surface area contributed by atoms with Gasteiger partial charge in [0.05, 0.1) is 11.6 Å². The molecule has 0 unspecified atom stereocenters. The average Bonchev–Trinajstić information content (AvgIpc) is 2.56. The Morgan fingerprint density at radius 1 is 1.14 bits per heavy atom. The molecule has 0 bridgehead atoms. The number of hydrogen-bond acceptors (Lipinski definition) is 4. The fourth-order valence-corrected chi connectivity index (χ4v) is 2.27. The number of carbonyl (C=O) groups excluding carboxylic acids is 1. The van der Waals surface area contributed by atoms with E-state index in [9.17, 15) is 4.79 Å². The highest BCUT2D eigenvalue weighted by atomic mass is 79.9. The summed E-state index contributed by atoms with van der Waals surface area (Å²) in [6.07, 6.45) is 0.473. The van der Waals surface area contributed by atoms with Crippen LogP contribution in [-0.4, -0.2) is 12.9 Å². The molecular formula is C17H17BrO4. The number of halogens is 1. The summed E-state index contributed by atoms with van der Waals surface area (Å²) >= 11 is 3.38. The first kappa shape index (κ1) is 16.5. The standard InChI is InChI=1S/C17H17BrO4/c1-3-16(19)13-6-9-17(15(18)10-13)22-21-11-12-4-7-14(20-2)8-5-12/h4-10H,3,11H2,1-2H3. The van der Waals surface area contributed by atoms with Crippen LogP contribution in [0.25, 0.3) is 0 Å². The van der Waals surface area contributed by atoms with E-state index in [4.69, 9.17) is 14.5 Å². The van der Waals surface area contributed by atoms with Crippen molar-refractivity contribution in [1.82, 2.24) is 0 Å². The van der Waals surface area contributed by atoms with Crippen molar-refractivity contribution in [2.75, 3.05) is 7.11 Å². The second-order valence-corrected chi connectivity index (χ2v) is 5.47. The number of benzene rings is 2. The fraction of sp³-hybridized carbons (Fsp3) is 0.235. The molecule has 22 heavy (non-hydrogen) atoms. The van der Waals surface area contributed by atoms with Gasteiger partial charge in [0.1, 0.15) is 12.4 Å². The van der Waals surface area contributed by atoms with Gasteiger partial charge in [0.15, 0.2) is 11.5 Å². The summed E-state index contributed by atoms with van der Waals surface area (Å²) in [6, 6.07) is 12.7. The lowest BCUT2D eigenvalue weighted by Gasteiger charge is -2.08. The van der Waals surface area contributed by atoms with Gasteiger partial charge < -0.3 is 9.62 Å². The van der Waals surface area contributed by atoms with Gasteiger partial charge >= 0.3 is 0 Å². The number of ketones is 1. The maximum absolute atomic E-state index is 11.6. The van der Waals surface area contributed by atoms with E-state index < -0.39 is 0 Å². The monoisotopic (exact) mass is 364 g/mol. The number of carbonyl (C=O) groups is 1. The first-order chi connectivity index (χ1) is 10.6. The van der Waals surface area contributed by atoms with Crippen molar-refractivity contribution in [1.29, 1.82) is 0 Å². The third-order valence-corrected chi connectivity index (χ3v) is 3.73. The Labute approximate surface area is 138 Å². The second kappa shape index (κ2) is 7.96. The summed E-state index contributed by atoms with van der Waals surface area (Å²) in [5.74, 6) is 1.41. The minimum atomic E-state index is 0.0893. The predicted molar refractivity (Wildman–Crippen MR) is 87.2 cm³/mol. The second-order valence-electron chi connectivity index (χ2n) is 4.62. The van der Waals surface area contributed by atoms with Crippen molar-refractivity contribution >= 4 is 21.7 Å². The highest BCUT2D eigenvalue weighted by Crippen LogP contribution is 2.27. The van der Waals surface area contributed by atoms with Crippen molar-refractivity contribution in [3.8, 4) is 11.5 Å². The highest BCUT2D eigenvalue weighted by Gasteiger charge is 2.08. The molecular weight excluding hydrogens is 348 g/mol. The van der Waals surface area contributed by atoms with E-state index in [1.54, 1.807) is 25.3 Å². The van der Waals surface area contributed by atoms with Crippen molar-refractivity contribution in [3.05, 3.63) is 58.1 Å². The van der Waals surface area contributed by atoms with Gasteiger partial charge in [0.25, 0.3) is 0 Å². The van der Waals surface area contributed by atoms with Crippen LogP contribution >= 0.6 is 15.9 Å². The van der Waals surface area contributed by atoms with Crippen LogP contribution in [0, 0.1) is 0 Å². The van der Waals surface area contributed by atoms with E-state index in [1.165, 1.54) is 0 Å². The molecule has 0 spiro atoms. The van der Waals surface area contributed by atoms with Gasteiger partial charge in [0.2, 0.25) is 0 Å². The minimum Gasteiger partial charge on any atom is -0.497 e. The zero-order valence-corrected chi connectivity index (χ0v) is 14.1. The van der Waals surface area contributed by atoms with Crippen molar-refractivity contribution in [2.24, 2.45) is 0 Å². The summed E-state index contributed by atoms with van der Waals surface area (Å²) in [4.78, 5) is 22.1. The van der Waals surface area contributed by atoms with Crippen LogP contribution < -0.4 is 9.62 Å². The molecule has 0 aliphatic heterocycles. The van der Waals surface area contributed by atoms with Crippen LogP contribution in [0.5, 0.6) is 11.5 Å². The molecule has 0 atom stereocenters. The Morgan fingerprint density at radius 2 is 1.86 bits per heavy atom. The summed E-state index contributed by atoms with van der Waals surface area (Å²) in [5.41, 5.74) is 1.62. The highest BCUT2D eigenvalue weighted by molar-refractivity contribution is 9.10. The molecule has 2 aromatic rings. The van der Waals surface area contributed by atoms with Gasteiger partial charge in [-0.1, -0.05) is 19.1 Å². The quantitative estimate of drug-likeness (QED) is 0.410. The first-order valence-corrected chi connectivity index (χ1v) is 7.68. The smallest absolute Gasteiger partial charge is 0.179 e. The van der Waals surface area contributed by atoms with Crippen LogP contribution in [0.4, 0.5) is 0 Å². The number of rotatable bonds is 7. The zero-order valence-electron chi connectivity index (χ0n) is 12.5. The number of ether oxygens (including phenoxy) is 1. The Hall–Kier alpha value is -1.85. The SMILES string of the molecule is CCC(=O)c1ccc(OOCc2ccc(OC)cc2)c(Br)c1. The van der Waals surface area contributed by atoms with Crippen LogP contribution in [0.15, 0.2) is 46.9 Å². The number of methoxy groups -OCH3 is 1. The summed E-state index contributed by atoms with van der Waals surface area (Å²) in [7, 11) is 1.62. The number of hydrogen-bond donors (Lipinski definition) is 0. The number of Topliss-reactive ketones (excluding diaryl/α,β-unsaturated/α-hetero) is 1. The average molecular weight is 365 g/mol. The third kappa shape index (κ3) is 4.32. The maximum Gasteiger partial charge on any atom is 0.179 e. The molecule has 4 nitrogen and oxygen atoms in total. The van der Waals surface area contributed by atoms with Crippen LogP contribution in [-0.2, 0) is 11.5 Å². The lowest BCUT2D eigenvalue weighted by molar-refractivity contribution is -0.218. The Bertz CT molecular complexity index is 638. The van der Waals surface area contributed by atoms with Crippen molar-refractivity contribution < 1.29 is 19.3 Å². The van der Waals surface area contributed by atoms with Gasteiger partial charge in [-0.25, -0.2) is 0 Å². The van der Waals surface area contributed by atoms with Gasteiger partial charge in [-0.05, 0) is 51.8 Å². The van der Waals surface area contributed by atoms with E-state index in [1.807, 2.05) is 31.2 Å². The van der Waals surface area contributed by atoms with Crippen molar-refractivity contribution in [3.63, 3.8) is 0 Å². The molecule has 0 radical (unpaired) electrons. The molecule has 0 fully saturated rings. The van der Waals surface area contributed by atoms with Gasteiger partial charge in [0, 0.05) is 12.0 Å². The third-order valence-electron chi connectivity index (χ3n) is 3.11. The molecule has 116 valence electrons. The van der Waals surface area contributed by atoms with Crippen LogP contribution in [0.1, 0.15) is 29.3 Å². The molecule has 0 heterocycles. The van der Waals surface area contributed by atoms with Gasteiger partial charge in [-0.15, -0.1) is 0 Å². The molecule has 0 aliphatic carbocycles. The van der Waals surface area contributed by atoms with Gasteiger partial charge in [-0.2, -0.15) is 4.89 Å². The van der Waals surface area contributed by atoms with E-state index in [0.717, 1.165) is 11.3 Å². The predicted octanol–water partition coefficient (Wildman–Crippen LogP) is 4.56. The van der Waals surface area contributed by atoms with E-state index in [0.29, 0.717) is 28.8 Å². The summed E-state index contributed by atoms with van der Waals surface area (Å²) < 4.78 is 5.77. The summed E-state index contributed by atoms with van der Waals surface area (Å²) in [6.45, 7) is 2.14.